The Morgan fingerprint density at radius 3 is 2.30 bits per heavy atom. The third-order valence-electron chi connectivity index (χ3n) is 3.77. The Labute approximate surface area is 120 Å². The van der Waals surface area contributed by atoms with E-state index in [0.717, 1.165) is 5.56 Å². The molecule has 2 rings (SSSR count). The summed E-state index contributed by atoms with van der Waals surface area (Å²) >= 11 is 0. The second-order valence-electron chi connectivity index (χ2n) is 6.28. The standard InChI is InChI=1S/C16H22N2O2/c1-10-17-14(19)13(15(20)18(10)5)11-6-8-12(9-7-11)16(2,3)4/h6-9,13-14,17,19H,1H2,2-5H3. The molecule has 108 valence electrons. The first-order chi connectivity index (χ1) is 9.21. The number of carbonyl (C=O) groups is 1. The van der Waals surface area contributed by atoms with Gasteiger partial charge in [-0.15, -0.1) is 0 Å². The summed E-state index contributed by atoms with van der Waals surface area (Å²) in [6.45, 7) is 10.1. The molecule has 1 aromatic carbocycles. The van der Waals surface area contributed by atoms with E-state index in [1.165, 1.54) is 10.5 Å². The van der Waals surface area contributed by atoms with Gasteiger partial charge in [0.2, 0.25) is 5.91 Å². The van der Waals surface area contributed by atoms with Gasteiger partial charge in [-0.1, -0.05) is 51.6 Å². The van der Waals surface area contributed by atoms with Crippen molar-refractivity contribution in [2.75, 3.05) is 7.05 Å². The van der Waals surface area contributed by atoms with Gasteiger partial charge in [0, 0.05) is 7.05 Å². The van der Waals surface area contributed by atoms with Crippen LogP contribution in [0.5, 0.6) is 0 Å². The van der Waals surface area contributed by atoms with Crippen LogP contribution in [0, 0.1) is 0 Å². The van der Waals surface area contributed by atoms with Gasteiger partial charge in [0.1, 0.15) is 18.0 Å². The Bertz CT molecular complexity index is 528. The van der Waals surface area contributed by atoms with E-state index in [1.807, 2.05) is 24.3 Å². The molecule has 0 bridgehead atoms. The monoisotopic (exact) mass is 274 g/mol. The lowest BCUT2D eigenvalue weighted by Gasteiger charge is -2.36. The van der Waals surface area contributed by atoms with Gasteiger partial charge in [-0.05, 0) is 16.5 Å². The lowest BCUT2D eigenvalue weighted by atomic mass is 9.85. The zero-order valence-electron chi connectivity index (χ0n) is 12.5. The Morgan fingerprint density at radius 1 is 1.25 bits per heavy atom. The number of rotatable bonds is 1. The number of benzene rings is 1. The fourth-order valence-electron chi connectivity index (χ4n) is 2.34. The third kappa shape index (κ3) is 2.56. The summed E-state index contributed by atoms with van der Waals surface area (Å²) in [5, 5.41) is 12.9. The van der Waals surface area contributed by atoms with Crippen molar-refractivity contribution in [3.8, 4) is 0 Å². The second-order valence-corrected chi connectivity index (χ2v) is 6.28. The molecule has 2 unspecified atom stereocenters. The summed E-state index contributed by atoms with van der Waals surface area (Å²) in [6.07, 6.45) is -0.938. The molecular formula is C16H22N2O2. The molecule has 1 saturated heterocycles. The summed E-state index contributed by atoms with van der Waals surface area (Å²) in [7, 11) is 1.65. The zero-order chi connectivity index (χ0) is 15.1. The number of aliphatic hydroxyl groups is 1. The van der Waals surface area contributed by atoms with Crippen LogP contribution in [0.3, 0.4) is 0 Å². The molecule has 4 nitrogen and oxygen atoms in total. The fourth-order valence-corrected chi connectivity index (χ4v) is 2.34. The van der Waals surface area contributed by atoms with Crippen molar-refractivity contribution in [3.05, 3.63) is 47.8 Å². The van der Waals surface area contributed by atoms with E-state index < -0.39 is 12.1 Å². The Balaban J connectivity index is 2.31. The molecule has 1 aliphatic rings. The first-order valence-electron chi connectivity index (χ1n) is 6.73. The van der Waals surface area contributed by atoms with Gasteiger partial charge >= 0.3 is 0 Å². The van der Waals surface area contributed by atoms with Crippen molar-refractivity contribution >= 4 is 5.91 Å². The molecule has 0 aliphatic carbocycles. The van der Waals surface area contributed by atoms with Crippen LogP contribution in [-0.2, 0) is 10.2 Å². The number of carbonyl (C=O) groups excluding carboxylic acids is 1. The highest BCUT2D eigenvalue weighted by atomic mass is 16.3. The molecule has 1 amide bonds. The van der Waals surface area contributed by atoms with Crippen LogP contribution in [0.4, 0.5) is 0 Å². The van der Waals surface area contributed by atoms with Gasteiger partial charge in [-0.25, -0.2) is 0 Å². The van der Waals surface area contributed by atoms with Gasteiger partial charge in [-0.2, -0.15) is 0 Å². The maximum Gasteiger partial charge on any atom is 0.239 e. The lowest BCUT2D eigenvalue weighted by Crippen LogP contribution is -2.52. The fraction of sp³-hybridized carbons (Fsp3) is 0.438. The van der Waals surface area contributed by atoms with E-state index >= 15 is 0 Å². The number of amides is 1. The highest BCUT2D eigenvalue weighted by Crippen LogP contribution is 2.29. The van der Waals surface area contributed by atoms with Gasteiger partial charge in [-0.3, -0.25) is 4.79 Å². The molecule has 20 heavy (non-hydrogen) atoms. The van der Waals surface area contributed by atoms with Crippen molar-refractivity contribution in [3.63, 3.8) is 0 Å². The van der Waals surface area contributed by atoms with Crippen LogP contribution >= 0.6 is 0 Å². The normalized spacial score (nSPS) is 23.8. The maximum absolute atomic E-state index is 12.3. The van der Waals surface area contributed by atoms with Crippen LogP contribution in [0.1, 0.15) is 37.8 Å². The van der Waals surface area contributed by atoms with Gasteiger partial charge in [0.25, 0.3) is 0 Å². The largest absolute Gasteiger partial charge is 0.373 e. The van der Waals surface area contributed by atoms with Gasteiger partial charge in [0.15, 0.2) is 0 Å². The Hall–Kier alpha value is -1.81. The van der Waals surface area contributed by atoms with Crippen molar-refractivity contribution < 1.29 is 9.90 Å². The van der Waals surface area contributed by atoms with Crippen LogP contribution in [0.15, 0.2) is 36.7 Å². The van der Waals surface area contributed by atoms with Crippen LogP contribution in [0.2, 0.25) is 0 Å². The number of nitrogens with zero attached hydrogens (tertiary/aromatic N) is 1. The predicted molar refractivity (Wildman–Crippen MR) is 78.9 cm³/mol. The number of hydrogen-bond donors (Lipinski definition) is 2. The van der Waals surface area contributed by atoms with E-state index in [2.05, 4.69) is 32.7 Å². The lowest BCUT2D eigenvalue weighted by molar-refractivity contribution is -0.136. The predicted octanol–water partition coefficient (Wildman–Crippen LogP) is 1.92. The molecule has 1 aromatic rings. The number of likely N-dealkylation sites (N-methyl/N-ethyl adjacent to an activating group) is 1. The highest BCUT2D eigenvalue weighted by molar-refractivity contribution is 5.86. The highest BCUT2D eigenvalue weighted by Gasteiger charge is 2.36. The molecule has 0 aromatic heterocycles. The molecule has 1 fully saturated rings. The molecular weight excluding hydrogens is 252 g/mol. The SMILES string of the molecule is C=C1NC(O)C(c2ccc(C(C)(C)C)cc2)C(=O)N1C. The smallest absolute Gasteiger partial charge is 0.239 e. The van der Waals surface area contributed by atoms with Crippen LogP contribution in [0.25, 0.3) is 0 Å². The molecule has 0 radical (unpaired) electrons. The average Bonchev–Trinajstić information content (AvgIpc) is 2.36. The Kier molecular flexibility index (Phi) is 3.61. The van der Waals surface area contributed by atoms with Crippen molar-refractivity contribution in [1.29, 1.82) is 0 Å². The zero-order valence-corrected chi connectivity index (χ0v) is 12.5. The topological polar surface area (TPSA) is 52.6 Å². The van der Waals surface area contributed by atoms with Crippen molar-refractivity contribution in [2.45, 2.75) is 38.3 Å². The maximum atomic E-state index is 12.3. The van der Waals surface area contributed by atoms with Crippen LogP contribution in [-0.4, -0.2) is 29.2 Å². The van der Waals surface area contributed by atoms with Crippen molar-refractivity contribution in [2.24, 2.45) is 0 Å². The molecule has 0 spiro atoms. The summed E-state index contributed by atoms with van der Waals surface area (Å²) in [5.41, 5.74) is 2.07. The van der Waals surface area contributed by atoms with Gasteiger partial charge < -0.3 is 15.3 Å². The van der Waals surface area contributed by atoms with Gasteiger partial charge in [0.05, 0.1) is 0 Å². The minimum absolute atomic E-state index is 0.0665. The first kappa shape index (κ1) is 14.6. The number of aliphatic hydroxyl groups excluding tert-OH is 1. The molecule has 1 aliphatic heterocycles. The number of nitrogens with one attached hydrogen (secondary N) is 1. The van der Waals surface area contributed by atoms with E-state index in [-0.39, 0.29) is 11.3 Å². The molecule has 0 saturated carbocycles. The van der Waals surface area contributed by atoms with E-state index in [4.69, 9.17) is 0 Å². The van der Waals surface area contributed by atoms with E-state index in [1.54, 1.807) is 7.05 Å². The molecule has 4 heteroatoms. The summed E-state index contributed by atoms with van der Waals surface area (Å²) in [4.78, 5) is 13.7. The minimum atomic E-state index is -0.938. The third-order valence-corrected chi connectivity index (χ3v) is 3.77. The first-order valence-corrected chi connectivity index (χ1v) is 6.73. The molecule has 1 heterocycles. The molecule has 2 atom stereocenters. The summed E-state index contributed by atoms with van der Waals surface area (Å²) in [6, 6.07) is 7.85. The number of hydrogen-bond acceptors (Lipinski definition) is 3. The molecule has 2 N–H and O–H groups in total. The quantitative estimate of drug-likeness (QED) is 0.822. The second kappa shape index (κ2) is 4.94. The van der Waals surface area contributed by atoms with Crippen molar-refractivity contribution in [1.82, 2.24) is 10.2 Å². The average molecular weight is 274 g/mol. The van der Waals surface area contributed by atoms with E-state index in [0.29, 0.717) is 5.82 Å². The van der Waals surface area contributed by atoms with E-state index in [9.17, 15) is 9.90 Å². The van der Waals surface area contributed by atoms with Crippen LogP contribution < -0.4 is 5.32 Å². The Morgan fingerprint density at radius 2 is 1.80 bits per heavy atom. The summed E-state index contributed by atoms with van der Waals surface area (Å²) in [5.74, 6) is -0.325. The summed E-state index contributed by atoms with van der Waals surface area (Å²) < 4.78 is 0. The minimum Gasteiger partial charge on any atom is -0.373 e.